The van der Waals surface area contributed by atoms with Crippen molar-refractivity contribution in [1.29, 1.82) is 0 Å². The van der Waals surface area contributed by atoms with E-state index in [1.54, 1.807) is 31.2 Å². The fourth-order valence-electron chi connectivity index (χ4n) is 1.61. The van der Waals surface area contributed by atoms with Crippen molar-refractivity contribution in [2.75, 3.05) is 38.3 Å². The van der Waals surface area contributed by atoms with Crippen LogP contribution in [-0.4, -0.2) is 51.3 Å². The lowest BCUT2D eigenvalue weighted by atomic mass is 10.3. The monoisotopic (exact) mass is 316 g/mol. The van der Waals surface area contributed by atoms with Crippen molar-refractivity contribution < 1.29 is 22.7 Å². The minimum absolute atomic E-state index is 0.0243. The van der Waals surface area contributed by atoms with Gasteiger partial charge in [-0.1, -0.05) is 13.0 Å². The van der Waals surface area contributed by atoms with Crippen molar-refractivity contribution in [3.8, 4) is 5.75 Å². The standard InChI is InChI=1S/C13H20N2O5S/c1-3-15(10-13(16)19-2)21(17,18)8-7-20-12-6-4-5-11(14)9-12/h4-6,9H,3,7-8,10,14H2,1-2H3. The second-order valence-corrected chi connectivity index (χ2v) is 6.33. The molecule has 0 atom stereocenters. The van der Waals surface area contributed by atoms with E-state index in [1.165, 1.54) is 7.11 Å². The molecule has 0 heterocycles. The largest absolute Gasteiger partial charge is 0.492 e. The van der Waals surface area contributed by atoms with Gasteiger partial charge in [0.25, 0.3) is 0 Å². The van der Waals surface area contributed by atoms with E-state index in [2.05, 4.69) is 4.74 Å². The van der Waals surface area contributed by atoms with Gasteiger partial charge in [-0.25, -0.2) is 8.42 Å². The van der Waals surface area contributed by atoms with Gasteiger partial charge in [0, 0.05) is 18.3 Å². The maximum Gasteiger partial charge on any atom is 0.321 e. The fraction of sp³-hybridized carbons (Fsp3) is 0.462. The molecule has 1 aromatic rings. The Morgan fingerprint density at radius 2 is 2.10 bits per heavy atom. The fourth-order valence-corrected chi connectivity index (χ4v) is 2.86. The normalized spacial score (nSPS) is 11.4. The Bertz CT molecular complexity index is 574. The van der Waals surface area contributed by atoms with Crippen LogP contribution >= 0.6 is 0 Å². The molecule has 0 saturated carbocycles. The average Bonchev–Trinajstić information content (AvgIpc) is 2.44. The first-order valence-electron chi connectivity index (χ1n) is 6.42. The van der Waals surface area contributed by atoms with E-state index >= 15 is 0 Å². The predicted octanol–water partition coefficient (Wildman–Crippen LogP) is 0.472. The highest BCUT2D eigenvalue weighted by Gasteiger charge is 2.23. The van der Waals surface area contributed by atoms with Crippen LogP contribution in [0.2, 0.25) is 0 Å². The Kier molecular flexibility index (Phi) is 6.44. The number of methoxy groups -OCH3 is 1. The minimum Gasteiger partial charge on any atom is -0.492 e. The summed E-state index contributed by atoms with van der Waals surface area (Å²) in [5.41, 5.74) is 6.14. The number of nitrogens with two attached hydrogens (primary N) is 1. The number of ether oxygens (including phenoxy) is 2. The zero-order chi connectivity index (χ0) is 15.9. The smallest absolute Gasteiger partial charge is 0.321 e. The quantitative estimate of drug-likeness (QED) is 0.553. The lowest BCUT2D eigenvalue weighted by molar-refractivity contribution is -0.140. The van der Waals surface area contributed by atoms with Crippen molar-refractivity contribution in [2.24, 2.45) is 0 Å². The van der Waals surface area contributed by atoms with E-state index in [4.69, 9.17) is 10.5 Å². The molecule has 0 aliphatic heterocycles. The maximum atomic E-state index is 12.1. The number of hydrogen-bond donors (Lipinski definition) is 1. The van der Waals surface area contributed by atoms with E-state index in [1.807, 2.05) is 0 Å². The molecule has 0 saturated heterocycles. The Morgan fingerprint density at radius 1 is 1.38 bits per heavy atom. The highest BCUT2D eigenvalue weighted by Crippen LogP contribution is 2.14. The molecule has 0 fully saturated rings. The minimum atomic E-state index is -3.58. The van der Waals surface area contributed by atoms with Crippen LogP contribution in [0.25, 0.3) is 0 Å². The van der Waals surface area contributed by atoms with Gasteiger partial charge in [-0.3, -0.25) is 4.79 Å². The lowest BCUT2D eigenvalue weighted by Crippen LogP contribution is -2.38. The first-order valence-corrected chi connectivity index (χ1v) is 8.03. The van der Waals surface area contributed by atoms with Gasteiger partial charge in [0.15, 0.2) is 0 Å². The number of nitrogen functional groups attached to an aromatic ring is 1. The predicted molar refractivity (Wildman–Crippen MR) is 79.4 cm³/mol. The molecule has 7 nitrogen and oxygen atoms in total. The summed E-state index contributed by atoms with van der Waals surface area (Å²) in [6, 6.07) is 6.72. The maximum absolute atomic E-state index is 12.1. The molecule has 0 aliphatic rings. The Labute approximate surface area is 124 Å². The molecule has 0 unspecified atom stereocenters. The van der Waals surface area contributed by atoms with Crippen LogP contribution in [0.4, 0.5) is 5.69 Å². The number of esters is 1. The summed E-state index contributed by atoms with van der Waals surface area (Å²) in [6.07, 6.45) is 0. The Balaban J connectivity index is 2.57. The number of sulfonamides is 1. The molecule has 21 heavy (non-hydrogen) atoms. The molecule has 0 aliphatic carbocycles. The Morgan fingerprint density at radius 3 is 2.67 bits per heavy atom. The van der Waals surface area contributed by atoms with Gasteiger partial charge in [0.2, 0.25) is 10.0 Å². The SMILES string of the molecule is CCN(CC(=O)OC)S(=O)(=O)CCOc1cccc(N)c1. The summed E-state index contributed by atoms with van der Waals surface area (Å²) in [6.45, 7) is 1.52. The summed E-state index contributed by atoms with van der Waals surface area (Å²) in [5.74, 6) is -0.328. The van der Waals surface area contributed by atoms with Gasteiger partial charge in [0.1, 0.15) is 18.9 Å². The van der Waals surface area contributed by atoms with Gasteiger partial charge in [-0.2, -0.15) is 4.31 Å². The first kappa shape index (κ1) is 17.3. The highest BCUT2D eigenvalue weighted by atomic mass is 32.2. The summed E-state index contributed by atoms with van der Waals surface area (Å²) in [5, 5.41) is 0. The lowest BCUT2D eigenvalue weighted by Gasteiger charge is -2.19. The van der Waals surface area contributed by atoms with E-state index in [0.29, 0.717) is 11.4 Å². The average molecular weight is 316 g/mol. The molecule has 0 bridgehead atoms. The van der Waals surface area contributed by atoms with Crippen LogP contribution in [-0.2, 0) is 19.6 Å². The van der Waals surface area contributed by atoms with Crippen molar-refractivity contribution in [1.82, 2.24) is 4.31 Å². The van der Waals surface area contributed by atoms with Crippen molar-refractivity contribution in [3.63, 3.8) is 0 Å². The molecule has 1 aromatic carbocycles. The number of anilines is 1. The van der Waals surface area contributed by atoms with Crippen LogP contribution in [0.1, 0.15) is 6.92 Å². The van der Waals surface area contributed by atoms with Gasteiger partial charge in [-0.15, -0.1) is 0 Å². The van der Waals surface area contributed by atoms with Crippen molar-refractivity contribution >= 4 is 21.7 Å². The van der Waals surface area contributed by atoms with Crippen LogP contribution < -0.4 is 10.5 Å². The van der Waals surface area contributed by atoms with Gasteiger partial charge < -0.3 is 15.2 Å². The molecule has 118 valence electrons. The molecular weight excluding hydrogens is 296 g/mol. The summed E-state index contributed by atoms with van der Waals surface area (Å²) in [4.78, 5) is 11.2. The number of benzene rings is 1. The Hall–Kier alpha value is -1.80. The van der Waals surface area contributed by atoms with E-state index in [0.717, 1.165) is 4.31 Å². The number of carbonyl (C=O) groups is 1. The molecule has 0 spiro atoms. The highest BCUT2D eigenvalue weighted by molar-refractivity contribution is 7.89. The van der Waals surface area contributed by atoms with E-state index in [9.17, 15) is 13.2 Å². The van der Waals surface area contributed by atoms with Crippen LogP contribution in [0.3, 0.4) is 0 Å². The third-order valence-electron chi connectivity index (χ3n) is 2.75. The number of likely N-dealkylation sites (N-methyl/N-ethyl adjacent to an activating group) is 1. The first-order chi connectivity index (χ1) is 9.89. The van der Waals surface area contributed by atoms with E-state index < -0.39 is 16.0 Å². The number of hydrogen-bond acceptors (Lipinski definition) is 6. The number of rotatable bonds is 8. The number of nitrogens with zero attached hydrogens (tertiary/aromatic N) is 1. The molecule has 2 N–H and O–H groups in total. The molecule has 8 heteroatoms. The summed E-state index contributed by atoms with van der Waals surface area (Å²) < 4.78 is 35.0. The van der Waals surface area contributed by atoms with E-state index in [-0.39, 0.29) is 25.4 Å². The van der Waals surface area contributed by atoms with Gasteiger partial charge in [0.05, 0.1) is 12.9 Å². The van der Waals surface area contributed by atoms with Crippen molar-refractivity contribution in [3.05, 3.63) is 24.3 Å². The molecule has 0 radical (unpaired) electrons. The molecule has 0 amide bonds. The molecular formula is C13H20N2O5S. The number of carbonyl (C=O) groups excluding carboxylic acids is 1. The molecule has 1 rings (SSSR count). The summed E-state index contributed by atoms with van der Waals surface area (Å²) in [7, 11) is -2.37. The van der Waals surface area contributed by atoms with Crippen molar-refractivity contribution in [2.45, 2.75) is 6.92 Å². The second kappa shape index (κ2) is 7.84. The van der Waals surface area contributed by atoms with Gasteiger partial charge in [-0.05, 0) is 12.1 Å². The van der Waals surface area contributed by atoms with Gasteiger partial charge >= 0.3 is 5.97 Å². The second-order valence-electron chi connectivity index (χ2n) is 4.24. The van der Waals surface area contributed by atoms with Crippen LogP contribution in [0.5, 0.6) is 5.75 Å². The third-order valence-corrected chi connectivity index (χ3v) is 4.60. The third kappa shape index (κ3) is 5.60. The summed E-state index contributed by atoms with van der Waals surface area (Å²) >= 11 is 0. The zero-order valence-electron chi connectivity index (χ0n) is 12.1. The topological polar surface area (TPSA) is 98.9 Å². The zero-order valence-corrected chi connectivity index (χ0v) is 12.9. The van der Waals surface area contributed by atoms with Crippen LogP contribution in [0, 0.1) is 0 Å². The molecule has 0 aromatic heterocycles. The van der Waals surface area contributed by atoms with Crippen LogP contribution in [0.15, 0.2) is 24.3 Å².